The van der Waals surface area contributed by atoms with Gasteiger partial charge in [0.15, 0.2) is 0 Å². The van der Waals surface area contributed by atoms with Crippen molar-refractivity contribution >= 4 is 11.3 Å². The average Bonchev–Trinajstić information content (AvgIpc) is 3.09. The number of methoxy groups -OCH3 is 1. The van der Waals surface area contributed by atoms with Crippen molar-refractivity contribution in [1.29, 1.82) is 0 Å². The molecule has 118 valence electrons. The number of hydrogen-bond acceptors (Lipinski definition) is 6. The van der Waals surface area contributed by atoms with Gasteiger partial charge in [0.05, 0.1) is 7.11 Å². The number of aromatic nitrogens is 3. The zero-order valence-electron chi connectivity index (χ0n) is 12.9. The van der Waals surface area contributed by atoms with Gasteiger partial charge in [0, 0.05) is 50.0 Å². The molecule has 0 fully saturated rings. The van der Waals surface area contributed by atoms with E-state index in [0.717, 1.165) is 25.2 Å². The van der Waals surface area contributed by atoms with Crippen LogP contribution in [0.25, 0.3) is 0 Å². The Kier molecular flexibility index (Phi) is 5.29. The number of rotatable bonds is 7. The molecule has 0 unspecified atom stereocenters. The molecule has 0 N–H and O–H groups in total. The molecule has 0 aliphatic heterocycles. The van der Waals surface area contributed by atoms with Crippen molar-refractivity contribution in [1.82, 2.24) is 19.9 Å². The Morgan fingerprint density at radius 2 is 1.78 bits per heavy atom. The van der Waals surface area contributed by atoms with Gasteiger partial charge in [-0.1, -0.05) is 6.07 Å². The van der Waals surface area contributed by atoms with E-state index in [0.29, 0.717) is 6.01 Å². The first kappa shape index (κ1) is 15.6. The Morgan fingerprint density at radius 3 is 2.43 bits per heavy atom. The number of thiophene rings is 1. The summed E-state index contributed by atoms with van der Waals surface area (Å²) in [6.07, 6.45) is 7.33. The fourth-order valence-corrected chi connectivity index (χ4v) is 3.01. The van der Waals surface area contributed by atoms with Crippen LogP contribution in [-0.2, 0) is 19.6 Å². The fourth-order valence-electron chi connectivity index (χ4n) is 2.35. The maximum absolute atomic E-state index is 5.01. The summed E-state index contributed by atoms with van der Waals surface area (Å²) in [5, 5.41) is 4.29. The number of pyridine rings is 1. The van der Waals surface area contributed by atoms with Gasteiger partial charge in [-0.25, -0.2) is 9.97 Å². The fraction of sp³-hybridized carbons (Fsp3) is 0.235. The number of hydrogen-bond donors (Lipinski definition) is 0. The van der Waals surface area contributed by atoms with Crippen LogP contribution in [0.2, 0.25) is 0 Å². The molecule has 6 heteroatoms. The van der Waals surface area contributed by atoms with Gasteiger partial charge in [-0.3, -0.25) is 9.88 Å². The summed E-state index contributed by atoms with van der Waals surface area (Å²) in [6.45, 7) is 2.48. The quantitative estimate of drug-likeness (QED) is 0.667. The highest BCUT2D eigenvalue weighted by atomic mass is 32.1. The predicted octanol–water partition coefficient (Wildman–Crippen LogP) is 3.14. The van der Waals surface area contributed by atoms with Gasteiger partial charge in [0.25, 0.3) is 0 Å². The minimum absolute atomic E-state index is 0.394. The minimum atomic E-state index is 0.394. The van der Waals surface area contributed by atoms with Crippen molar-refractivity contribution in [2.75, 3.05) is 7.11 Å². The molecule has 23 heavy (non-hydrogen) atoms. The Balaban J connectivity index is 1.73. The third-order valence-electron chi connectivity index (χ3n) is 3.39. The highest BCUT2D eigenvalue weighted by molar-refractivity contribution is 7.07. The normalized spacial score (nSPS) is 10.9. The molecule has 3 aromatic rings. The van der Waals surface area contributed by atoms with E-state index in [-0.39, 0.29) is 0 Å². The average molecular weight is 326 g/mol. The Bertz CT molecular complexity index is 701. The van der Waals surface area contributed by atoms with Gasteiger partial charge in [-0.05, 0) is 34.0 Å². The van der Waals surface area contributed by atoms with E-state index in [9.17, 15) is 0 Å². The zero-order valence-corrected chi connectivity index (χ0v) is 13.7. The van der Waals surface area contributed by atoms with E-state index in [1.807, 2.05) is 24.7 Å². The lowest BCUT2D eigenvalue weighted by atomic mass is 10.2. The molecule has 0 bridgehead atoms. The van der Waals surface area contributed by atoms with Crippen LogP contribution >= 0.6 is 11.3 Å². The first-order valence-corrected chi connectivity index (χ1v) is 8.25. The molecular formula is C17H18N4OS. The highest BCUT2D eigenvalue weighted by Gasteiger charge is 2.10. The lowest BCUT2D eigenvalue weighted by Crippen LogP contribution is -2.22. The second kappa shape index (κ2) is 7.80. The van der Waals surface area contributed by atoms with Crippen molar-refractivity contribution in [2.24, 2.45) is 0 Å². The standard InChI is InChI=1S/C17H18N4OS/c1-22-17-19-8-16(9-20-17)12-21(11-15-4-6-23-13-15)10-14-3-2-5-18-7-14/h2-9,13H,10-12H2,1H3. The molecule has 0 spiro atoms. The van der Waals surface area contributed by atoms with Gasteiger partial charge in [-0.2, -0.15) is 11.3 Å². The van der Waals surface area contributed by atoms with Crippen molar-refractivity contribution in [3.63, 3.8) is 0 Å². The summed E-state index contributed by atoms with van der Waals surface area (Å²) in [5.74, 6) is 0. The molecule has 0 aliphatic rings. The molecule has 0 radical (unpaired) electrons. The molecule has 0 amide bonds. The first-order chi connectivity index (χ1) is 11.3. The number of ether oxygens (including phenoxy) is 1. The van der Waals surface area contributed by atoms with E-state index < -0.39 is 0 Å². The van der Waals surface area contributed by atoms with Gasteiger partial charge >= 0.3 is 6.01 Å². The van der Waals surface area contributed by atoms with Crippen molar-refractivity contribution < 1.29 is 4.74 Å². The van der Waals surface area contributed by atoms with E-state index in [2.05, 4.69) is 42.7 Å². The van der Waals surface area contributed by atoms with Crippen LogP contribution < -0.4 is 4.74 Å². The molecule has 0 atom stereocenters. The van der Waals surface area contributed by atoms with Gasteiger partial charge in [-0.15, -0.1) is 0 Å². The first-order valence-electron chi connectivity index (χ1n) is 7.31. The lowest BCUT2D eigenvalue weighted by molar-refractivity contribution is 0.246. The molecule has 5 nitrogen and oxygen atoms in total. The SMILES string of the molecule is COc1ncc(CN(Cc2cccnc2)Cc2ccsc2)cn1. The largest absolute Gasteiger partial charge is 0.467 e. The third-order valence-corrected chi connectivity index (χ3v) is 4.12. The molecule has 3 heterocycles. The maximum Gasteiger partial charge on any atom is 0.316 e. The summed E-state index contributed by atoms with van der Waals surface area (Å²) >= 11 is 1.72. The van der Waals surface area contributed by atoms with Crippen LogP contribution in [0.5, 0.6) is 6.01 Å². The number of nitrogens with zero attached hydrogens (tertiary/aromatic N) is 4. The van der Waals surface area contributed by atoms with E-state index >= 15 is 0 Å². The smallest absolute Gasteiger partial charge is 0.316 e. The second-order valence-corrected chi connectivity index (χ2v) is 6.00. The molecule has 3 rings (SSSR count). The molecule has 0 aliphatic carbocycles. The zero-order chi connectivity index (χ0) is 15.9. The van der Waals surface area contributed by atoms with Crippen LogP contribution in [-0.4, -0.2) is 27.0 Å². The van der Waals surface area contributed by atoms with Crippen LogP contribution in [0, 0.1) is 0 Å². The molecule has 0 saturated heterocycles. The van der Waals surface area contributed by atoms with Crippen LogP contribution in [0.15, 0.2) is 53.7 Å². The summed E-state index contributed by atoms with van der Waals surface area (Å²) in [7, 11) is 1.57. The van der Waals surface area contributed by atoms with E-state index in [1.165, 1.54) is 11.1 Å². The molecule has 3 aromatic heterocycles. The van der Waals surface area contributed by atoms with Gasteiger partial charge in [0.2, 0.25) is 0 Å². The van der Waals surface area contributed by atoms with Gasteiger partial charge in [0.1, 0.15) is 0 Å². The Morgan fingerprint density at radius 1 is 1.00 bits per heavy atom. The van der Waals surface area contributed by atoms with Crippen molar-refractivity contribution in [3.8, 4) is 6.01 Å². The summed E-state index contributed by atoms with van der Waals surface area (Å²) in [4.78, 5) is 14.9. The Hall–Kier alpha value is -2.31. The minimum Gasteiger partial charge on any atom is -0.467 e. The highest BCUT2D eigenvalue weighted by Crippen LogP contribution is 2.15. The summed E-state index contributed by atoms with van der Waals surface area (Å²) in [5.41, 5.74) is 3.57. The molecular weight excluding hydrogens is 308 g/mol. The van der Waals surface area contributed by atoms with Crippen LogP contribution in [0.3, 0.4) is 0 Å². The van der Waals surface area contributed by atoms with Crippen molar-refractivity contribution in [3.05, 3.63) is 70.4 Å². The third kappa shape index (κ3) is 4.58. The van der Waals surface area contributed by atoms with Crippen LogP contribution in [0.1, 0.15) is 16.7 Å². The monoisotopic (exact) mass is 326 g/mol. The van der Waals surface area contributed by atoms with Gasteiger partial charge < -0.3 is 4.74 Å². The second-order valence-electron chi connectivity index (χ2n) is 5.22. The molecule has 0 saturated carbocycles. The molecule has 0 aromatic carbocycles. The predicted molar refractivity (Wildman–Crippen MR) is 90.1 cm³/mol. The topological polar surface area (TPSA) is 51.1 Å². The van der Waals surface area contributed by atoms with Crippen LogP contribution in [0.4, 0.5) is 0 Å². The Labute approximate surface area is 139 Å². The maximum atomic E-state index is 5.01. The summed E-state index contributed by atoms with van der Waals surface area (Å²) in [6, 6.07) is 6.61. The van der Waals surface area contributed by atoms with Crippen molar-refractivity contribution in [2.45, 2.75) is 19.6 Å². The van der Waals surface area contributed by atoms with E-state index in [1.54, 1.807) is 24.6 Å². The lowest BCUT2D eigenvalue weighted by Gasteiger charge is -2.21. The van der Waals surface area contributed by atoms with E-state index in [4.69, 9.17) is 4.74 Å². The summed E-state index contributed by atoms with van der Waals surface area (Å²) < 4.78 is 5.01.